The summed E-state index contributed by atoms with van der Waals surface area (Å²) in [6.45, 7) is 4.44. The Bertz CT molecular complexity index is 1630. The summed E-state index contributed by atoms with van der Waals surface area (Å²) in [6, 6.07) is -0.913. The lowest BCUT2D eigenvalue weighted by atomic mass is 10.0. The van der Waals surface area contributed by atoms with Gasteiger partial charge in [0, 0.05) is 6.42 Å². The number of likely N-dealkylation sites (N-methyl/N-ethyl adjacent to an activating group) is 1. The van der Waals surface area contributed by atoms with Gasteiger partial charge in [-0.15, -0.1) is 0 Å². The van der Waals surface area contributed by atoms with Crippen molar-refractivity contribution in [3.8, 4) is 0 Å². The Hall–Kier alpha value is -3.10. The van der Waals surface area contributed by atoms with Crippen LogP contribution in [0.2, 0.25) is 0 Å². The number of aliphatic hydroxyl groups excluding tert-OH is 1. The molecule has 0 heterocycles. The molecule has 1 amide bonds. The van der Waals surface area contributed by atoms with Crippen LogP contribution in [0, 0.1) is 0 Å². The molecule has 0 rings (SSSR count). The third kappa shape index (κ3) is 58.4. The summed E-state index contributed by atoms with van der Waals surface area (Å²) in [4.78, 5) is 25.4. The van der Waals surface area contributed by atoms with E-state index in [2.05, 4.69) is 129 Å². The van der Waals surface area contributed by atoms with Gasteiger partial charge in [0.15, 0.2) is 0 Å². The molecule has 0 fully saturated rings. The number of quaternary nitrogens is 1. The van der Waals surface area contributed by atoms with Crippen LogP contribution in [0.25, 0.3) is 0 Å². The van der Waals surface area contributed by atoms with Gasteiger partial charge in [-0.25, -0.2) is 0 Å². The van der Waals surface area contributed by atoms with Crippen molar-refractivity contribution in [1.29, 1.82) is 0 Å². The first kappa shape index (κ1) is 71.9. The summed E-state index contributed by atoms with van der Waals surface area (Å²) in [7, 11) is 1.23. The summed E-state index contributed by atoms with van der Waals surface area (Å²) >= 11 is 0. The molecule has 3 unspecified atom stereocenters. The molecule has 0 aromatic rings. The fourth-order valence-corrected chi connectivity index (χ4v) is 8.87. The highest BCUT2D eigenvalue weighted by atomic mass is 31.2. The molecule has 0 radical (unpaired) electrons. The van der Waals surface area contributed by atoms with Crippen molar-refractivity contribution in [2.45, 2.75) is 251 Å². The number of phosphoric ester groups is 1. The SMILES string of the molecule is CC/C=C\C/C=C\C/C=C\C/C=C\C/C=C\C/C=C\C/C=C\CCCCCCCCCCCCCCCCCCCCCC(=O)NC(COP(=O)([O-])OCC[N+](C)(C)C)C(O)/C=C/CC/C=C/CC/C=C/CCCC. The minimum Gasteiger partial charge on any atom is -0.756 e. The van der Waals surface area contributed by atoms with E-state index in [9.17, 15) is 19.4 Å². The van der Waals surface area contributed by atoms with Gasteiger partial charge in [-0.1, -0.05) is 257 Å². The van der Waals surface area contributed by atoms with E-state index in [-0.39, 0.29) is 12.5 Å². The van der Waals surface area contributed by atoms with Gasteiger partial charge in [-0.05, 0) is 96.3 Å². The van der Waals surface area contributed by atoms with Gasteiger partial charge in [0.05, 0.1) is 39.9 Å². The van der Waals surface area contributed by atoms with Gasteiger partial charge in [-0.2, -0.15) is 0 Å². The van der Waals surface area contributed by atoms with Gasteiger partial charge in [-0.3, -0.25) is 9.36 Å². The number of aliphatic hydroxyl groups is 1. The maximum Gasteiger partial charge on any atom is 0.268 e. The van der Waals surface area contributed by atoms with E-state index in [1.807, 2.05) is 27.2 Å². The summed E-state index contributed by atoms with van der Waals surface area (Å²) in [5.41, 5.74) is 0. The highest BCUT2D eigenvalue weighted by molar-refractivity contribution is 7.45. The van der Waals surface area contributed by atoms with Crippen molar-refractivity contribution in [2.24, 2.45) is 0 Å². The maximum atomic E-state index is 12.9. The van der Waals surface area contributed by atoms with E-state index in [1.165, 1.54) is 122 Å². The molecule has 3 atom stereocenters. The number of rotatable bonds is 54. The summed E-state index contributed by atoms with van der Waals surface area (Å²) in [6.07, 6.45) is 83.1. The Morgan fingerprint density at radius 1 is 0.480 bits per heavy atom. The molecular weight excluding hydrogens is 948 g/mol. The molecule has 8 nitrogen and oxygen atoms in total. The van der Waals surface area contributed by atoms with E-state index < -0.39 is 26.6 Å². The number of hydrogen-bond acceptors (Lipinski definition) is 6. The molecule has 0 saturated carbocycles. The Balaban J connectivity index is 3.95. The maximum absolute atomic E-state index is 12.9. The second-order valence-electron chi connectivity index (χ2n) is 21.3. The van der Waals surface area contributed by atoms with E-state index in [0.29, 0.717) is 17.4 Å². The van der Waals surface area contributed by atoms with E-state index in [4.69, 9.17) is 9.05 Å². The molecule has 0 aromatic heterocycles. The third-order valence-electron chi connectivity index (χ3n) is 12.9. The predicted octanol–water partition coefficient (Wildman–Crippen LogP) is 18.3. The predicted molar refractivity (Wildman–Crippen MR) is 325 cm³/mol. The Kier molecular flexibility index (Phi) is 53.3. The van der Waals surface area contributed by atoms with Crippen molar-refractivity contribution in [1.82, 2.24) is 5.32 Å². The van der Waals surface area contributed by atoms with Crippen LogP contribution in [-0.4, -0.2) is 68.5 Å². The summed E-state index contributed by atoms with van der Waals surface area (Å²) in [5, 5.41) is 13.8. The number of carbonyl (C=O) groups is 1. The monoisotopic (exact) mass is 1060 g/mol. The molecule has 0 bridgehead atoms. The second-order valence-corrected chi connectivity index (χ2v) is 22.7. The number of carbonyl (C=O) groups excluding carboxylic acids is 1. The minimum atomic E-state index is -4.61. The zero-order valence-electron chi connectivity index (χ0n) is 49.0. The zero-order chi connectivity index (χ0) is 54.9. The fraction of sp³-hybridized carbons (Fsp3) is 0.682. The number of amides is 1. The Labute approximate surface area is 463 Å². The normalized spacial score (nSPS) is 14.7. The van der Waals surface area contributed by atoms with Crippen LogP contribution in [0.4, 0.5) is 0 Å². The molecule has 9 heteroatoms. The smallest absolute Gasteiger partial charge is 0.268 e. The Morgan fingerprint density at radius 2 is 0.827 bits per heavy atom. The lowest BCUT2D eigenvalue weighted by Gasteiger charge is -2.29. The van der Waals surface area contributed by atoms with Gasteiger partial charge < -0.3 is 28.8 Å². The van der Waals surface area contributed by atoms with Crippen molar-refractivity contribution in [3.05, 3.63) is 122 Å². The van der Waals surface area contributed by atoms with Crippen LogP contribution in [0.1, 0.15) is 239 Å². The highest BCUT2D eigenvalue weighted by Gasteiger charge is 2.23. The molecule has 430 valence electrons. The number of hydrogen-bond donors (Lipinski definition) is 2. The third-order valence-corrected chi connectivity index (χ3v) is 13.8. The number of unbranched alkanes of at least 4 members (excludes halogenated alkanes) is 23. The largest absolute Gasteiger partial charge is 0.756 e. The van der Waals surface area contributed by atoms with Gasteiger partial charge in [0.25, 0.3) is 7.82 Å². The molecule has 0 spiro atoms. The van der Waals surface area contributed by atoms with Gasteiger partial charge in [0.1, 0.15) is 13.2 Å². The Morgan fingerprint density at radius 3 is 1.24 bits per heavy atom. The van der Waals surface area contributed by atoms with Crippen molar-refractivity contribution in [3.63, 3.8) is 0 Å². The molecule has 0 aliphatic carbocycles. The number of allylic oxidation sites excluding steroid dienone is 19. The molecule has 2 N–H and O–H groups in total. The summed E-state index contributed by atoms with van der Waals surface area (Å²) in [5.74, 6) is -0.215. The average molecular weight is 1060 g/mol. The molecule has 0 aliphatic rings. The standard InChI is InChI=1S/C66H115N2O6P/c1-6-8-10-12-14-16-18-20-21-22-23-24-25-26-27-28-29-30-31-32-33-34-35-36-37-38-39-40-41-42-43-44-45-46-47-48-50-52-54-56-58-60-66(70)67-64(63-74-75(71,72)73-62-61-68(3,4)5)65(69)59-57-55-53-51-49-19-17-15-13-11-9-7-2/h8,10,13-16,20-21,23-24,26-27,29-30,32-33,49,51,57,59,64-65,69H,6-7,9,11-12,17-19,22,25,28,31,34-48,50,52-56,58,60-63H2,1-5H3,(H-,67,70,71,72)/b10-8-,15-13+,16-14-,21-20-,24-23-,27-26-,30-29-,33-32-,51-49+,59-57+. The quantitative estimate of drug-likeness (QED) is 0.0272. The topological polar surface area (TPSA) is 108 Å². The lowest BCUT2D eigenvalue weighted by molar-refractivity contribution is -0.870. The fourth-order valence-electron chi connectivity index (χ4n) is 8.15. The molecular formula is C66H115N2O6P. The molecule has 75 heavy (non-hydrogen) atoms. The van der Waals surface area contributed by atoms with Crippen LogP contribution in [0.15, 0.2) is 122 Å². The van der Waals surface area contributed by atoms with Crippen molar-refractivity contribution < 1.29 is 32.9 Å². The zero-order valence-corrected chi connectivity index (χ0v) is 49.8. The van der Waals surface area contributed by atoms with Crippen molar-refractivity contribution in [2.75, 3.05) is 40.9 Å². The lowest BCUT2D eigenvalue weighted by Crippen LogP contribution is -2.45. The molecule has 0 aliphatic heterocycles. The number of nitrogens with zero attached hydrogens (tertiary/aromatic N) is 1. The summed E-state index contributed by atoms with van der Waals surface area (Å²) < 4.78 is 23.3. The number of phosphoric acid groups is 1. The molecule has 0 aromatic carbocycles. The van der Waals surface area contributed by atoms with Crippen molar-refractivity contribution >= 4 is 13.7 Å². The average Bonchev–Trinajstić information content (AvgIpc) is 3.37. The van der Waals surface area contributed by atoms with Crippen LogP contribution in [0.5, 0.6) is 0 Å². The first-order valence-corrected chi connectivity index (χ1v) is 31.9. The first-order chi connectivity index (χ1) is 36.5. The first-order valence-electron chi connectivity index (χ1n) is 30.4. The minimum absolute atomic E-state index is 0.0125. The van der Waals surface area contributed by atoms with E-state index in [0.717, 1.165) is 96.3 Å². The van der Waals surface area contributed by atoms with E-state index >= 15 is 0 Å². The van der Waals surface area contributed by atoms with Gasteiger partial charge in [0.2, 0.25) is 5.91 Å². The van der Waals surface area contributed by atoms with Crippen LogP contribution in [0.3, 0.4) is 0 Å². The molecule has 0 saturated heterocycles. The van der Waals surface area contributed by atoms with E-state index in [1.54, 1.807) is 6.08 Å². The van der Waals surface area contributed by atoms with Crippen LogP contribution >= 0.6 is 7.82 Å². The number of nitrogens with one attached hydrogen (secondary N) is 1. The second kappa shape index (κ2) is 55.6. The van der Waals surface area contributed by atoms with Crippen LogP contribution in [-0.2, 0) is 18.4 Å². The highest BCUT2D eigenvalue weighted by Crippen LogP contribution is 2.38. The van der Waals surface area contributed by atoms with Gasteiger partial charge >= 0.3 is 0 Å². The van der Waals surface area contributed by atoms with Crippen LogP contribution < -0.4 is 10.2 Å².